The second kappa shape index (κ2) is 7.50. The molecule has 1 aromatic rings. The monoisotopic (exact) mass is 296 g/mol. The Morgan fingerprint density at radius 2 is 2.25 bits per heavy atom. The first-order valence-electron chi connectivity index (χ1n) is 7.01. The average Bonchev–Trinajstić information content (AvgIpc) is 2.74. The van der Waals surface area contributed by atoms with Gasteiger partial charge in [-0.2, -0.15) is 0 Å². The van der Waals surface area contributed by atoms with Crippen LogP contribution in [-0.4, -0.2) is 44.1 Å². The maximum absolute atomic E-state index is 12.2. The summed E-state index contributed by atoms with van der Waals surface area (Å²) in [6, 6.07) is 5.59. The van der Waals surface area contributed by atoms with Crippen LogP contribution in [0.4, 0.5) is 0 Å². The lowest BCUT2D eigenvalue weighted by atomic mass is 10.1. The van der Waals surface area contributed by atoms with Gasteiger partial charge in [-0.25, -0.2) is 0 Å². The smallest absolute Gasteiger partial charge is 0.222 e. The Bertz CT molecular complexity index is 457. The van der Waals surface area contributed by atoms with Gasteiger partial charge in [-0.15, -0.1) is 0 Å². The Morgan fingerprint density at radius 3 is 3.00 bits per heavy atom. The Morgan fingerprint density at radius 1 is 1.40 bits per heavy atom. The third-order valence-corrected chi connectivity index (χ3v) is 3.91. The fourth-order valence-corrected chi connectivity index (χ4v) is 2.62. The fraction of sp³-hybridized carbons (Fsp3) is 0.533. The summed E-state index contributed by atoms with van der Waals surface area (Å²) >= 11 is 6.19. The number of hydrogen-bond acceptors (Lipinski definition) is 3. The highest BCUT2D eigenvalue weighted by molar-refractivity contribution is 6.31. The fourth-order valence-electron chi connectivity index (χ4n) is 2.35. The highest BCUT2D eigenvalue weighted by atomic mass is 35.5. The molecule has 1 aliphatic rings. The molecule has 0 spiro atoms. The Hall–Kier alpha value is -1.26. The minimum Gasteiger partial charge on any atom is -0.497 e. The number of hydrogen-bond donors (Lipinski definition) is 1. The largest absolute Gasteiger partial charge is 0.497 e. The van der Waals surface area contributed by atoms with Gasteiger partial charge in [0, 0.05) is 31.1 Å². The molecule has 5 heteroatoms. The topological polar surface area (TPSA) is 41.6 Å². The number of halogens is 1. The lowest BCUT2D eigenvalue weighted by Crippen LogP contribution is -2.34. The molecule has 0 aromatic heterocycles. The summed E-state index contributed by atoms with van der Waals surface area (Å²) < 4.78 is 5.12. The molecule has 1 N–H and O–H groups in total. The third kappa shape index (κ3) is 4.12. The lowest BCUT2D eigenvalue weighted by molar-refractivity contribution is -0.130. The Labute approximate surface area is 125 Å². The van der Waals surface area contributed by atoms with E-state index in [1.807, 2.05) is 17.0 Å². The number of ether oxygens (including phenoxy) is 1. The van der Waals surface area contributed by atoms with Crippen molar-refractivity contribution >= 4 is 17.5 Å². The molecule has 110 valence electrons. The molecule has 20 heavy (non-hydrogen) atoms. The van der Waals surface area contributed by atoms with E-state index in [9.17, 15) is 4.79 Å². The van der Waals surface area contributed by atoms with Crippen LogP contribution in [0.5, 0.6) is 5.75 Å². The van der Waals surface area contributed by atoms with Crippen LogP contribution in [0, 0.1) is 0 Å². The third-order valence-electron chi connectivity index (χ3n) is 3.56. The van der Waals surface area contributed by atoms with Gasteiger partial charge in [-0.1, -0.05) is 17.7 Å². The van der Waals surface area contributed by atoms with E-state index < -0.39 is 0 Å². The first kappa shape index (κ1) is 15.1. The van der Waals surface area contributed by atoms with Gasteiger partial charge in [0.05, 0.1) is 7.11 Å². The maximum Gasteiger partial charge on any atom is 0.222 e. The van der Waals surface area contributed by atoms with Crippen molar-refractivity contribution in [1.82, 2.24) is 10.2 Å². The van der Waals surface area contributed by atoms with Crippen molar-refractivity contribution in [1.29, 1.82) is 0 Å². The second-order valence-electron chi connectivity index (χ2n) is 4.94. The molecule has 0 radical (unpaired) electrons. The van der Waals surface area contributed by atoms with Gasteiger partial charge in [-0.05, 0) is 37.1 Å². The zero-order valence-corrected chi connectivity index (χ0v) is 12.6. The molecule has 0 atom stereocenters. The Balaban J connectivity index is 1.89. The van der Waals surface area contributed by atoms with E-state index in [1.54, 1.807) is 13.2 Å². The van der Waals surface area contributed by atoms with Crippen LogP contribution in [0.15, 0.2) is 18.2 Å². The van der Waals surface area contributed by atoms with Gasteiger partial charge in [0.2, 0.25) is 5.91 Å². The number of amides is 1. The van der Waals surface area contributed by atoms with Crippen LogP contribution in [-0.2, 0) is 11.2 Å². The van der Waals surface area contributed by atoms with Gasteiger partial charge >= 0.3 is 0 Å². The van der Waals surface area contributed by atoms with E-state index in [0.29, 0.717) is 17.9 Å². The van der Waals surface area contributed by atoms with Crippen molar-refractivity contribution in [3.8, 4) is 5.75 Å². The molecular formula is C15H21ClN2O2. The number of nitrogens with one attached hydrogen (secondary N) is 1. The summed E-state index contributed by atoms with van der Waals surface area (Å²) in [6.07, 6.45) is 2.20. The van der Waals surface area contributed by atoms with Crippen LogP contribution in [0.1, 0.15) is 18.4 Å². The first-order chi connectivity index (χ1) is 9.70. The summed E-state index contributed by atoms with van der Waals surface area (Å²) in [6.45, 7) is 3.53. The van der Waals surface area contributed by atoms with Crippen LogP contribution in [0.3, 0.4) is 0 Å². The van der Waals surface area contributed by atoms with E-state index in [0.717, 1.165) is 43.9 Å². The molecule has 1 saturated heterocycles. The molecule has 0 bridgehead atoms. The lowest BCUT2D eigenvalue weighted by Gasteiger charge is -2.20. The minimum absolute atomic E-state index is 0.209. The average molecular weight is 297 g/mol. The summed E-state index contributed by atoms with van der Waals surface area (Å²) in [5.74, 6) is 0.948. The van der Waals surface area contributed by atoms with Gasteiger partial charge in [0.1, 0.15) is 5.75 Å². The molecule has 0 aliphatic carbocycles. The van der Waals surface area contributed by atoms with E-state index in [2.05, 4.69) is 5.32 Å². The predicted octanol–water partition coefficient (Wildman–Crippen LogP) is 2.10. The zero-order chi connectivity index (χ0) is 14.4. The number of nitrogens with zero attached hydrogens (tertiary/aromatic N) is 1. The molecule has 0 unspecified atom stereocenters. The van der Waals surface area contributed by atoms with Crippen molar-refractivity contribution in [2.45, 2.75) is 19.3 Å². The van der Waals surface area contributed by atoms with Crippen molar-refractivity contribution in [3.05, 3.63) is 28.8 Å². The summed E-state index contributed by atoms with van der Waals surface area (Å²) in [7, 11) is 1.61. The number of carbonyl (C=O) groups is 1. The van der Waals surface area contributed by atoms with Crippen LogP contribution in [0.25, 0.3) is 0 Å². The Kier molecular flexibility index (Phi) is 5.68. The van der Waals surface area contributed by atoms with E-state index >= 15 is 0 Å². The highest BCUT2D eigenvalue weighted by Gasteiger charge is 2.15. The van der Waals surface area contributed by atoms with Crippen molar-refractivity contribution in [2.24, 2.45) is 0 Å². The number of methoxy groups -OCH3 is 1. The first-order valence-corrected chi connectivity index (χ1v) is 7.39. The van der Waals surface area contributed by atoms with E-state index in [4.69, 9.17) is 16.3 Å². The molecule has 1 aromatic carbocycles. The summed E-state index contributed by atoms with van der Waals surface area (Å²) in [4.78, 5) is 14.1. The van der Waals surface area contributed by atoms with Crippen molar-refractivity contribution in [3.63, 3.8) is 0 Å². The van der Waals surface area contributed by atoms with Gasteiger partial charge in [-0.3, -0.25) is 4.79 Å². The number of aryl methyl sites for hydroxylation is 1. The summed E-state index contributed by atoms with van der Waals surface area (Å²) in [5.41, 5.74) is 0.994. The molecule has 2 rings (SSSR count). The normalized spacial score (nSPS) is 15.8. The number of carbonyl (C=O) groups excluding carboxylic acids is 1. The van der Waals surface area contributed by atoms with Crippen LogP contribution in [0.2, 0.25) is 5.02 Å². The highest BCUT2D eigenvalue weighted by Crippen LogP contribution is 2.23. The van der Waals surface area contributed by atoms with Crippen molar-refractivity contribution < 1.29 is 9.53 Å². The van der Waals surface area contributed by atoms with E-state index in [-0.39, 0.29) is 5.91 Å². The summed E-state index contributed by atoms with van der Waals surface area (Å²) in [5, 5.41) is 3.96. The molecule has 1 aliphatic heterocycles. The maximum atomic E-state index is 12.2. The second-order valence-corrected chi connectivity index (χ2v) is 5.35. The van der Waals surface area contributed by atoms with Crippen molar-refractivity contribution in [2.75, 3.05) is 33.3 Å². The minimum atomic E-state index is 0.209. The van der Waals surface area contributed by atoms with Gasteiger partial charge in [0.15, 0.2) is 0 Å². The number of rotatable bonds is 4. The quantitative estimate of drug-likeness (QED) is 0.925. The molecule has 0 saturated carbocycles. The number of benzene rings is 1. The van der Waals surface area contributed by atoms with Gasteiger partial charge in [0.25, 0.3) is 0 Å². The molecule has 1 fully saturated rings. The molecular weight excluding hydrogens is 276 g/mol. The van der Waals surface area contributed by atoms with Gasteiger partial charge < -0.3 is 15.0 Å². The molecule has 4 nitrogen and oxygen atoms in total. The van der Waals surface area contributed by atoms with E-state index in [1.165, 1.54) is 0 Å². The predicted molar refractivity (Wildman–Crippen MR) is 80.4 cm³/mol. The SMILES string of the molecule is COc1ccc(CCC(=O)N2CCCNCC2)c(Cl)c1. The standard InChI is InChI=1S/C15H21ClN2O2/c1-20-13-5-3-12(14(16)11-13)4-6-15(19)18-9-2-7-17-8-10-18/h3,5,11,17H,2,4,6-10H2,1H3. The van der Waals surface area contributed by atoms with Crippen LogP contribution < -0.4 is 10.1 Å². The zero-order valence-electron chi connectivity index (χ0n) is 11.8. The van der Waals surface area contributed by atoms with Crippen LogP contribution >= 0.6 is 11.6 Å². The molecule has 1 heterocycles. The molecule has 1 amide bonds.